The molecule has 4 nitrogen and oxygen atoms in total. The van der Waals surface area contributed by atoms with Gasteiger partial charge in [-0.05, 0) is 50.4 Å². The third kappa shape index (κ3) is 3.61. The highest BCUT2D eigenvalue weighted by Crippen LogP contribution is 2.44. The molecule has 0 aliphatic heterocycles. The van der Waals surface area contributed by atoms with Gasteiger partial charge in [0.25, 0.3) is 0 Å². The number of aliphatic hydroxyl groups is 1. The van der Waals surface area contributed by atoms with E-state index in [4.69, 9.17) is 0 Å². The molecule has 2 rings (SSSR count). The van der Waals surface area contributed by atoms with Gasteiger partial charge in [0.05, 0.1) is 5.60 Å². The lowest BCUT2D eigenvalue weighted by atomic mass is 9.98. The van der Waals surface area contributed by atoms with Crippen LogP contribution in [-0.4, -0.2) is 29.3 Å². The van der Waals surface area contributed by atoms with Gasteiger partial charge in [-0.1, -0.05) is 13.8 Å². The molecule has 104 valence electrons. The maximum atomic E-state index is 11.9. The lowest BCUT2D eigenvalue weighted by Gasteiger charge is -2.26. The topological polar surface area (TPSA) is 61.4 Å². The summed E-state index contributed by atoms with van der Waals surface area (Å²) in [7, 11) is 0. The van der Waals surface area contributed by atoms with Crippen molar-refractivity contribution in [3.8, 4) is 0 Å². The van der Waals surface area contributed by atoms with E-state index in [-0.39, 0.29) is 6.03 Å². The minimum Gasteiger partial charge on any atom is -0.388 e. The highest BCUT2D eigenvalue weighted by Gasteiger charge is 2.42. The quantitative estimate of drug-likeness (QED) is 0.651. The van der Waals surface area contributed by atoms with E-state index in [1.165, 1.54) is 25.7 Å². The Labute approximate surface area is 110 Å². The molecule has 18 heavy (non-hydrogen) atoms. The minimum atomic E-state index is -0.758. The predicted molar refractivity (Wildman–Crippen MR) is 71.3 cm³/mol. The van der Waals surface area contributed by atoms with Crippen LogP contribution >= 0.6 is 0 Å². The van der Waals surface area contributed by atoms with Crippen LogP contribution in [0, 0.1) is 11.8 Å². The molecule has 0 unspecified atom stereocenters. The number of hydrogen-bond acceptors (Lipinski definition) is 2. The van der Waals surface area contributed by atoms with E-state index in [2.05, 4.69) is 10.6 Å². The van der Waals surface area contributed by atoms with E-state index in [9.17, 15) is 9.90 Å². The number of hydrogen-bond donors (Lipinski definition) is 3. The number of carbonyl (C=O) groups is 1. The van der Waals surface area contributed by atoms with Gasteiger partial charge in [0.1, 0.15) is 0 Å². The molecule has 0 aromatic carbocycles. The van der Waals surface area contributed by atoms with Gasteiger partial charge in [0.2, 0.25) is 0 Å². The molecule has 0 aromatic heterocycles. The van der Waals surface area contributed by atoms with Gasteiger partial charge in [0.15, 0.2) is 0 Å². The zero-order valence-corrected chi connectivity index (χ0v) is 11.5. The van der Waals surface area contributed by atoms with Crippen molar-refractivity contribution >= 4 is 6.03 Å². The zero-order chi connectivity index (χ0) is 13.2. The molecule has 2 aliphatic carbocycles. The van der Waals surface area contributed by atoms with Gasteiger partial charge in [-0.25, -0.2) is 4.79 Å². The number of amides is 2. The molecule has 0 saturated heterocycles. The van der Waals surface area contributed by atoms with Crippen LogP contribution in [0.2, 0.25) is 0 Å². The van der Waals surface area contributed by atoms with Crippen LogP contribution in [0.25, 0.3) is 0 Å². The SMILES string of the molecule is CCC(O)(CC)CNC(=O)NC(C1CC1)C1CC1. The average molecular weight is 254 g/mol. The van der Waals surface area contributed by atoms with Crippen LogP contribution in [-0.2, 0) is 0 Å². The molecular weight excluding hydrogens is 228 g/mol. The van der Waals surface area contributed by atoms with Crippen molar-refractivity contribution in [2.45, 2.75) is 64.0 Å². The molecule has 2 fully saturated rings. The van der Waals surface area contributed by atoms with Gasteiger partial charge in [-0.15, -0.1) is 0 Å². The van der Waals surface area contributed by atoms with Crippen LogP contribution in [0.1, 0.15) is 52.4 Å². The second-order valence-electron chi connectivity index (χ2n) is 5.96. The molecule has 0 aromatic rings. The summed E-state index contributed by atoms with van der Waals surface area (Å²) < 4.78 is 0. The second kappa shape index (κ2) is 5.47. The van der Waals surface area contributed by atoms with Crippen LogP contribution in [0.5, 0.6) is 0 Å². The van der Waals surface area contributed by atoms with Crippen molar-refractivity contribution in [3.63, 3.8) is 0 Å². The molecular formula is C14H26N2O2. The Morgan fingerprint density at radius 3 is 2.11 bits per heavy atom. The molecule has 0 radical (unpaired) electrons. The maximum Gasteiger partial charge on any atom is 0.315 e. The van der Waals surface area contributed by atoms with Gasteiger partial charge in [0, 0.05) is 12.6 Å². The lowest BCUT2D eigenvalue weighted by molar-refractivity contribution is 0.0348. The van der Waals surface area contributed by atoms with Crippen LogP contribution in [0.15, 0.2) is 0 Å². The first-order chi connectivity index (χ1) is 8.58. The van der Waals surface area contributed by atoms with Crippen molar-refractivity contribution in [2.75, 3.05) is 6.54 Å². The van der Waals surface area contributed by atoms with Gasteiger partial charge in [-0.3, -0.25) is 0 Å². The summed E-state index contributed by atoms with van der Waals surface area (Å²) in [5.41, 5.74) is -0.758. The highest BCUT2D eigenvalue weighted by molar-refractivity contribution is 5.74. The summed E-state index contributed by atoms with van der Waals surface area (Å²) in [6.07, 6.45) is 6.37. The van der Waals surface area contributed by atoms with Crippen molar-refractivity contribution in [1.29, 1.82) is 0 Å². The Morgan fingerprint density at radius 2 is 1.72 bits per heavy atom. The van der Waals surface area contributed by atoms with E-state index in [0.717, 1.165) is 0 Å². The minimum absolute atomic E-state index is 0.112. The molecule has 2 amide bonds. The fourth-order valence-corrected chi connectivity index (χ4v) is 2.48. The first-order valence-electron chi connectivity index (χ1n) is 7.34. The van der Waals surface area contributed by atoms with E-state index in [1.54, 1.807) is 0 Å². The van der Waals surface area contributed by atoms with Gasteiger partial charge < -0.3 is 15.7 Å². The molecule has 2 saturated carbocycles. The van der Waals surface area contributed by atoms with Crippen LogP contribution < -0.4 is 10.6 Å². The summed E-state index contributed by atoms with van der Waals surface area (Å²) in [5.74, 6) is 1.42. The normalized spacial score (nSPS) is 20.0. The standard InChI is InChI=1S/C14H26N2O2/c1-3-14(18,4-2)9-15-13(17)16-12(10-5-6-10)11-7-8-11/h10-12,18H,3-9H2,1-2H3,(H2,15,16,17). The Hall–Kier alpha value is -0.770. The number of urea groups is 1. The summed E-state index contributed by atoms with van der Waals surface area (Å²) in [4.78, 5) is 11.9. The summed E-state index contributed by atoms with van der Waals surface area (Å²) in [6, 6.07) is 0.264. The number of rotatable bonds is 7. The van der Waals surface area contributed by atoms with Gasteiger partial charge in [-0.2, -0.15) is 0 Å². The molecule has 4 heteroatoms. The maximum absolute atomic E-state index is 11.9. The Kier molecular flexibility index (Phi) is 4.15. The summed E-state index contributed by atoms with van der Waals surface area (Å²) >= 11 is 0. The molecule has 0 heterocycles. The molecule has 0 bridgehead atoms. The smallest absolute Gasteiger partial charge is 0.315 e. The van der Waals surface area contributed by atoms with E-state index >= 15 is 0 Å². The fourth-order valence-electron chi connectivity index (χ4n) is 2.48. The van der Waals surface area contributed by atoms with Crippen molar-refractivity contribution < 1.29 is 9.90 Å². The first kappa shape index (κ1) is 13.7. The molecule has 0 spiro atoms. The third-order valence-corrected chi connectivity index (χ3v) is 4.45. The Bertz CT molecular complexity index is 282. The van der Waals surface area contributed by atoms with Crippen LogP contribution in [0.4, 0.5) is 4.79 Å². The third-order valence-electron chi connectivity index (χ3n) is 4.45. The van der Waals surface area contributed by atoms with Crippen LogP contribution in [0.3, 0.4) is 0 Å². The van der Waals surface area contributed by atoms with E-state index in [0.29, 0.717) is 37.3 Å². The summed E-state index contributed by atoms with van der Waals surface area (Å²) in [5, 5.41) is 16.0. The highest BCUT2D eigenvalue weighted by atomic mass is 16.3. The Morgan fingerprint density at radius 1 is 1.22 bits per heavy atom. The second-order valence-corrected chi connectivity index (χ2v) is 5.96. The number of nitrogens with one attached hydrogen (secondary N) is 2. The Balaban J connectivity index is 1.74. The van der Waals surface area contributed by atoms with Gasteiger partial charge >= 0.3 is 6.03 Å². The molecule has 2 aliphatic rings. The summed E-state index contributed by atoms with van der Waals surface area (Å²) in [6.45, 7) is 4.23. The van der Waals surface area contributed by atoms with Crippen molar-refractivity contribution in [1.82, 2.24) is 10.6 Å². The number of carbonyl (C=O) groups excluding carboxylic acids is 1. The molecule has 0 atom stereocenters. The monoisotopic (exact) mass is 254 g/mol. The predicted octanol–water partition coefficient (Wildman–Crippen LogP) is 2.03. The van der Waals surface area contributed by atoms with Crippen molar-refractivity contribution in [3.05, 3.63) is 0 Å². The average Bonchev–Trinajstić information content (AvgIpc) is 3.25. The first-order valence-corrected chi connectivity index (χ1v) is 7.34. The molecule has 3 N–H and O–H groups in total. The van der Waals surface area contributed by atoms with E-state index in [1.807, 2.05) is 13.8 Å². The fraction of sp³-hybridized carbons (Fsp3) is 0.929. The largest absolute Gasteiger partial charge is 0.388 e. The van der Waals surface area contributed by atoms with E-state index < -0.39 is 5.60 Å². The van der Waals surface area contributed by atoms with Crippen molar-refractivity contribution in [2.24, 2.45) is 11.8 Å². The zero-order valence-electron chi connectivity index (χ0n) is 11.5. The lowest BCUT2D eigenvalue weighted by Crippen LogP contribution is -2.49.